The number of aliphatic hydroxyl groups is 1. The summed E-state index contributed by atoms with van der Waals surface area (Å²) in [5.74, 6) is 0.915. The molecule has 0 radical (unpaired) electrons. The lowest BCUT2D eigenvalue weighted by Gasteiger charge is -2.33. The van der Waals surface area contributed by atoms with Gasteiger partial charge in [0.25, 0.3) is 0 Å². The number of fused-ring (bicyclic) bond motifs is 1. The van der Waals surface area contributed by atoms with E-state index in [1.54, 1.807) is 6.20 Å². The topological polar surface area (TPSA) is 56.9 Å². The van der Waals surface area contributed by atoms with E-state index in [1.807, 2.05) is 41.1 Å². The smallest absolute Gasteiger partial charge is 0.180 e. The molecule has 0 saturated carbocycles. The zero-order valence-electron chi connectivity index (χ0n) is 13.8. The maximum absolute atomic E-state index is 9.64. The first-order chi connectivity index (χ1) is 11.8. The highest BCUT2D eigenvalue weighted by molar-refractivity contribution is 5.71. The predicted octanol–water partition coefficient (Wildman–Crippen LogP) is 1.64. The van der Waals surface area contributed by atoms with Crippen molar-refractivity contribution in [2.75, 3.05) is 38.1 Å². The Morgan fingerprint density at radius 3 is 2.71 bits per heavy atom. The first-order valence-electron chi connectivity index (χ1n) is 8.22. The van der Waals surface area contributed by atoms with E-state index >= 15 is 0 Å². The van der Waals surface area contributed by atoms with E-state index in [0.29, 0.717) is 0 Å². The molecule has 0 amide bonds. The van der Waals surface area contributed by atoms with Crippen LogP contribution < -0.4 is 4.90 Å². The highest BCUT2D eigenvalue weighted by Crippen LogP contribution is 2.27. The minimum atomic E-state index is 0.00363. The number of hydrogen-bond donors (Lipinski definition) is 1. The third-order valence-corrected chi connectivity index (χ3v) is 4.62. The molecule has 1 N–H and O–H groups in total. The zero-order chi connectivity index (χ0) is 16.5. The van der Waals surface area contributed by atoms with Crippen molar-refractivity contribution in [3.63, 3.8) is 0 Å². The fraction of sp³-hybridized carbons (Fsp3) is 0.333. The SMILES string of the molecule is CN1CCN(c2nc(-c3ccccc3CO)cn3ccnc23)CC1. The van der Waals surface area contributed by atoms with Crippen LogP contribution in [-0.2, 0) is 6.61 Å². The summed E-state index contributed by atoms with van der Waals surface area (Å²) in [5.41, 5.74) is 3.59. The minimum absolute atomic E-state index is 0.00363. The molecule has 0 atom stereocenters. The summed E-state index contributed by atoms with van der Waals surface area (Å²) in [6.45, 7) is 3.93. The van der Waals surface area contributed by atoms with Crippen LogP contribution in [0.15, 0.2) is 42.9 Å². The van der Waals surface area contributed by atoms with Gasteiger partial charge in [0.1, 0.15) is 0 Å². The summed E-state index contributed by atoms with van der Waals surface area (Å²) < 4.78 is 2.02. The number of aliphatic hydroxyl groups excluding tert-OH is 1. The molecule has 124 valence electrons. The monoisotopic (exact) mass is 323 g/mol. The number of likely N-dealkylation sites (N-methyl/N-ethyl adjacent to an activating group) is 1. The highest BCUT2D eigenvalue weighted by atomic mass is 16.3. The number of hydrogen-bond acceptors (Lipinski definition) is 5. The summed E-state index contributed by atoms with van der Waals surface area (Å²) >= 11 is 0. The largest absolute Gasteiger partial charge is 0.392 e. The Morgan fingerprint density at radius 1 is 1.12 bits per heavy atom. The van der Waals surface area contributed by atoms with Crippen LogP contribution in [0.3, 0.4) is 0 Å². The average molecular weight is 323 g/mol. The van der Waals surface area contributed by atoms with Crippen LogP contribution in [0.4, 0.5) is 5.82 Å². The molecule has 1 aromatic carbocycles. The van der Waals surface area contributed by atoms with Gasteiger partial charge in [-0.25, -0.2) is 9.97 Å². The Labute approximate surface area is 141 Å². The van der Waals surface area contributed by atoms with Gasteiger partial charge in [-0.1, -0.05) is 24.3 Å². The van der Waals surface area contributed by atoms with Gasteiger partial charge in [0.2, 0.25) is 0 Å². The van der Waals surface area contributed by atoms with Crippen LogP contribution in [0.1, 0.15) is 5.56 Å². The van der Waals surface area contributed by atoms with Gasteiger partial charge in [0.15, 0.2) is 11.5 Å². The summed E-state index contributed by atoms with van der Waals surface area (Å²) in [6.07, 6.45) is 5.73. The zero-order valence-corrected chi connectivity index (χ0v) is 13.8. The molecule has 0 bridgehead atoms. The van der Waals surface area contributed by atoms with Gasteiger partial charge in [0.05, 0.1) is 12.3 Å². The lowest BCUT2D eigenvalue weighted by atomic mass is 10.1. The molecule has 3 aromatic rings. The molecule has 0 aliphatic carbocycles. The molecule has 1 aliphatic rings. The van der Waals surface area contributed by atoms with E-state index in [9.17, 15) is 5.11 Å². The minimum Gasteiger partial charge on any atom is -0.392 e. The van der Waals surface area contributed by atoms with Crippen molar-refractivity contribution in [3.05, 3.63) is 48.4 Å². The molecule has 1 saturated heterocycles. The first-order valence-corrected chi connectivity index (χ1v) is 8.22. The molecule has 4 rings (SSSR count). The second-order valence-electron chi connectivity index (χ2n) is 6.21. The molecular weight excluding hydrogens is 302 g/mol. The number of anilines is 1. The summed E-state index contributed by atoms with van der Waals surface area (Å²) in [4.78, 5) is 14.0. The second kappa shape index (κ2) is 6.22. The van der Waals surface area contributed by atoms with E-state index in [1.165, 1.54) is 0 Å². The van der Waals surface area contributed by atoms with E-state index in [-0.39, 0.29) is 6.61 Å². The first kappa shape index (κ1) is 15.1. The van der Waals surface area contributed by atoms with Crippen molar-refractivity contribution in [2.24, 2.45) is 0 Å². The lowest BCUT2D eigenvalue weighted by Crippen LogP contribution is -2.45. The van der Waals surface area contributed by atoms with Crippen molar-refractivity contribution in [1.29, 1.82) is 0 Å². The van der Waals surface area contributed by atoms with E-state index in [0.717, 1.165) is 54.5 Å². The molecule has 6 heteroatoms. The van der Waals surface area contributed by atoms with Crippen LogP contribution in [0, 0.1) is 0 Å². The number of aromatic nitrogens is 3. The maximum Gasteiger partial charge on any atom is 0.180 e. The molecule has 3 heterocycles. The van der Waals surface area contributed by atoms with Crippen molar-refractivity contribution >= 4 is 11.5 Å². The normalized spacial score (nSPS) is 16.0. The molecule has 2 aromatic heterocycles. The van der Waals surface area contributed by atoms with Gasteiger partial charge in [-0.15, -0.1) is 0 Å². The number of rotatable bonds is 3. The summed E-state index contributed by atoms with van der Waals surface area (Å²) in [6, 6.07) is 7.85. The van der Waals surface area contributed by atoms with Crippen molar-refractivity contribution in [3.8, 4) is 11.3 Å². The van der Waals surface area contributed by atoms with E-state index in [4.69, 9.17) is 4.98 Å². The predicted molar refractivity (Wildman–Crippen MR) is 94.1 cm³/mol. The Balaban J connectivity index is 1.83. The van der Waals surface area contributed by atoms with Crippen molar-refractivity contribution < 1.29 is 5.11 Å². The van der Waals surface area contributed by atoms with Gasteiger partial charge in [-0.3, -0.25) is 0 Å². The molecule has 24 heavy (non-hydrogen) atoms. The van der Waals surface area contributed by atoms with Crippen LogP contribution in [0.2, 0.25) is 0 Å². The van der Waals surface area contributed by atoms with Gasteiger partial charge in [-0.05, 0) is 12.6 Å². The number of benzene rings is 1. The van der Waals surface area contributed by atoms with Crippen molar-refractivity contribution in [2.45, 2.75) is 6.61 Å². The lowest BCUT2D eigenvalue weighted by molar-refractivity contribution is 0.282. The summed E-state index contributed by atoms with van der Waals surface area (Å²) in [7, 11) is 2.14. The van der Waals surface area contributed by atoms with Gasteiger partial charge in [0, 0.05) is 50.3 Å². The number of nitrogens with zero attached hydrogens (tertiary/aromatic N) is 5. The van der Waals surface area contributed by atoms with E-state index in [2.05, 4.69) is 21.8 Å². The third kappa shape index (κ3) is 2.64. The van der Waals surface area contributed by atoms with Crippen molar-refractivity contribution in [1.82, 2.24) is 19.3 Å². The molecule has 1 fully saturated rings. The Morgan fingerprint density at radius 2 is 1.92 bits per heavy atom. The maximum atomic E-state index is 9.64. The standard InChI is InChI=1S/C18H21N5O/c1-21-8-10-22(11-9-21)18-17-19-6-7-23(17)12-16(20-18)15-5-3-2-4-14(15)13-24/h2-7,12,24H,8-11,13H2,1H3. The quantitative estimate of drug-likeness (QED) is 0.794. The van der Waals surface area contributed by atoms with Gasteiger partial charge < -0.3 is 19.3 Å². The molecule has 1 aliphatic heterocycles. The van der Waals surface area contributed by atoms with Gasteiger partial charge >= 0.3 is 0 Å². The highest BCUT2D eigenvalue weighted by Gasteiger charge is 2.20. The second-order valence-corrected chi connectivity index (χ2v) is 6.21. The number of piperazine rings is 1. The molecule has 0 unspecified atom stereocenters. The fourth-order valence-electron chi connectivity index (χ4n) is 3.18. The third-order valence-electron chi connectivity index (χ3n) is 4.62. The Kier molecular flexibility index (Phi) is 3.92. The van der Waals surface area contributed by atoms with Crippen LogP contribution in [0.5, 0.6) is 0 Å². The molecule has 6 nitrogen and oxygen atoms in total. The molecule has 0 spiro atoms. The number of imidazole rings is 1. The Bertz CT molecular complexity index is 851. The average Bonchev–Trinajstić information content (AvgIpc) is 3.10. The Hall–Kier alpha value is -2.44. The molecular formula is C18H21N5O. The van der Waals surface area contributed by atoms with Crippen LogP contribution in [0.25, 0.3) is 16.9 Å². The van der Waals surface area contributed by atoms with Crippen LogP contribution >= 0.6 is 0 Å². The van der Waals surface area contributed by atoms with E-state index < -0.39 is 0 Å². The fourth-order valence-corrected chi connectivity index (χ4v) is 3.18. The summed E-state index contributed by atoms with van der Waals surface area (Å²) in [5, 5.41) is 9.64. The van der Waals surface area contributed by atoms with Crippen LogP contribution in [-0.4, -0.2) is 57.6 Å². The van der Waals surface area contributed by atoms with Gasteiger partial charge in [-0.2, -0.15) is 0 Å².